The zero-order valence-corrected chi connectivity index (χ0v) is 12.7. The van der Waals surface area contributed by atoms with Crippen molar-refractivity contribution < 1.29 is 9.53 Å². The predicted molar refractivity (Wildman–Crippen MR) is 81.3 cm³/mol. The Labute approximate surface area is 129 Å². The molecule has 0 bridgehead atoms. The molecule has 1 saturated heterocycles. The molecule has 0 spiro atoms. The summed E-state index contributed by atoms with van der Waals surface area (Å²) in [5.41, 5.74) is 1.92. The highest BCUT2D eigenvalue weighted by atomic mass is 16.5. The first-order valence-electron chi connectivity index (χ1n) is 7.54. The van der Waals surface area contributed by atoms with E-state index in [1.54, 1.807) is 23.5 Å². The summed E-state index contributed by atoms with van der Waals surface area (Å²) in [6.45, 7) is 3.78. The fourth-order valence-electron chi connectivity index (χ4n) is 2.63. The Kier molecular flexibility index (Phi) is 4.48. The van der Waals surface area contributed by atoms with Gasteiger partial charge in [-0.15, -0.1) is 0 Å². The zero-order chi connectivity index (χ0) is 15.4. The first-order valence-corrected chi connectivity index (χ1v) is 7.54. The summed E-state index contributed by atoms with van der Waals surface area (Å²) in [4.78, 5) is 25.7. The fraction of sp³-hybridized carbons (Fsp3) is 0.438. The average Bonchev–Trinajstić information content (AvgIpc) is 3.18. The summed E-state index contributed by atoms with van der Waals surface area (Å²) in [7, 11) is 0. The van der Waals surface area contributed by atoms with Crippen molar-refractivity contribution >= 4 is 5.91 Å². The Hall–Kier alpha value is -2.21. The number of hydrogen-bond acceptors (Lipinski definition) is 4. The Bertz CT molecular complexity index is 620. The molecule has 116 valence electrons. The van der Waals surface area contributed by atoms with Crippen molar-refractivity contribution in [1.82, 2.24) is 19.9 Å². The number of aryl methyl sites for hydroxylation is 1. The van der Waals surface area contributed by atoms with Gasteiger partial charge in [-0.05, 0) is 37.5 Å². The summed E-state index contributed by atoms with van der Waals surface area (Å²) >= 11 is 0. The number of aromatic amines is 1. The molecule has 0 aromatic carbocycles. The summed E-state index contributed by atoms with van der Waals surface area (Å²) in [6, 6.07) is 3.84. The largest absolute Gasteiger partial charge is 0.376 e. The van der Waals surface area contributed by atoms with Crippen molar-refractivity contribution in [1.29, 1.82) is 0 Å². The van der Waals surface area contributed by atoms with E-state index in [2.05, 4.69) is 15.0 Å². The molecule has 0 aliphatic carbocycles. The number of aromatic nitrogens is 3. The normalized spacial score (nSPS) is 17.6. The second kappa shape index (κ2) is 6.70. The third-order valence-electron chi connectivity index (χ3n) is 3.76. The summed E-state index contributed by atoms with van der Waals surface area (Å²) in [5, 5.41) is 0. The molecule has 22 heavy (non-hydrogen) atoms. The van der Waals surface area contributed by atoms with Gasteiger partial charge in [0.1, 0.15) is 0 Å². The molecule has 2 aromatic heterocycles. The lowest BCUT2D eigenvalue weighted by Gasteiger charge is -2.24. The number of ether oxygens (including phenoxy) is 1. The minimum atomic E-state index is -0.0968. The molecule has 2 aromatic rings. The molecule has 1 atom stereocenters. The quantitative estimate of drug-likeness (QED) is 0.916. The first-order chi connectivity index (χ1) is 10.7. The van der Waals surface area contributed by atoms with Gasteiger partial charge in [0.05, 0.1) is 6.10 Å². The number of carbonyl (C=O) groups excluding carboxylic acids is 1. The molecule has 3 heterocycles. The summed E-state index contributed by atoms with van der Waals surface area (Å²) < 4.78 is 5.68. The molecule has 1 N–H and O–H groups in total. The minimum absolute atomic E-state index is 0.0968. The van der Waals surface area contributed by atoms with Gasteiger partial charge in [-0.1, -0.05) is 0 Å². The molecule has 0 radical (unpaired) electrons. The van der Waals surface area contributed by atoms with Crippen LogP contribution in [0.5, 0.6) is 0 Å². The van der Waals surface area contributed by atoms with E-state index >= 15 is 0 Å². The molecule has 6 nitrogen and oxygen atoms in total. The highest BCUT2D eigenvalue weighted by Gasteiger charge is 2.25. The highest BCUT2D eigenvalue weighted by molar-refractivity contribution is 5.90. The topological polar surface area (TPSA) is 71.1 Å². The van der Waals surface area contributed by atoms with E-state index in [1.165, 1.54) is 0 Å². The van der Waals surface area contributed by atoms with E-state index in [0.29, 0.717) is 18.9 Å². The Balaban J connectivity index is 1.76. The first kappa shape index (κ1) is 14.7. The van der Waals surface area contributed by atoms with Gasteiger partial charge in [-0.2, -0.15) is 0 Å². The monoisotopic (exact) mass is 300 g/mol. The molecule has 3 rings (SSSR count). The Morgan fingerprint density at radius 3 is 2.91 bits per heavy atom. The lowest BCUT2D eigenvalue weighted by atomic mass is 10.2. The van der Waals surface area contributed by atoms with E-state index in [0.717, 1.165) is 30.7 Å². The van der Waals surface area contributed by atoms with Gasteiger partial charge >= 0.3 is 0 Å². The molecule has 1 aliphatic heterocycles. The number of carbonyl (C=O) groups is 1. The van der Waals surface area contributed by atoms with E-state index in [-0.39, 0.29) is 12.0 Å². The standard InChI is InChI=1S/C16H20N4O2/c1-12-9-18-15(19-12)16(21)20(11-14-3-2-8-22-14)10-13-4-6-17-7-5-13/h4-7,9,14H,2-3,8,10-11H2,1H3,(H,18,19). The zero-order valence-electron chi connectivity index (χ0n) is 12.7. The number of nitrogens with one attached hydrogen (secondary N) is 1. The van der Waals surface area contributed by atoms with Gasteiger partial charge in [-0.25, -0.2) is 4.98 Å². The van der Waals surface area contributed by atoms with Crippen LogP contribution in [-0.4, -0.2) is 45.0 Å². The number of nitrogens with zero attached hydrogens (tertiary/aromatic N) is 3. The molecular formula is C16H20N4O2. The van der Waals surface area contributed by atoms with Crippen molar-refractivity contribution in [3.63, 3.8) is 0 Å². The predicted octanol–water partition coefficient (Wildman–Crippen LogP) is 1.93. The van der Waals surface area contributed by atoms with Crippen LogP contribution in [0, 0.1) is 6.92 Å². The van der Waals surface area contributed by atoms with Crippen molar-refractivity contribution in [2.75, 3.05) is 13.2 Å². The van der Waals surface area contributed by atoms with Crippen molar-refractivity contribution in [2.45, 2.75) is 32.4 Å². The number of hydrogen-bond donors (Lipinski definition) is 1. The van der Waals surface area contributed by atoms with Crippen LogP contribution in [0.25, 0.3) is 0 Å². The molecule has 1 unspecified atom stereocenters. The van der Waals surface area contributed by atoms with E-state index in [9.17, 15) is 4.79 Å². The van der Waals surface area contributed by atoms with Crippen LogP contribution in [0.15, 0.2) is 30.7 Å². The second-order valence-corrected chi connectivity index (χ2v) is 5.59. The van der Waals surface area contributed by atoms with Crippen LogP contribution in [0.1, 0.15) is 34.7 Å². The lowest BCUT2D eigenvalue weighted by Crippen LogP contribution is -2.37. The number of amides is 1. The number of pyridine rings is 1. The third kappa shape index (κ3) is 3.51. The minimum Gasteiger partial charge on any atom is -0.376 e. The average molecular weight is 300 g/mol. The molecule has 1 aliphatic rings. The van der Waals surface area contributed by atoms with E-state index in [1.807, 2.05) is 19.1 Å². The third-order valence-corrected chi connectivity index (χ3v) is 3.76. The smallest absolute Gasteiger partial charge is 0.290 e. The number of rotatable bonds is 5. The molecular weight excluding hydrogens is 280 g/mol. The summed E-state index contributed by atoms with van der Waals surface area (Å²) in [6.07, 6.45) is 7.31. The summed E-state index contributed by atoms with van der Waals surface area (Å²) in [5.74, 6) is 0.282. The Morgan fingerprint density at radius 1 is 1.45 bits per heavy atom. The van der Waals surface area contributed by atoms with Crippen LogP contribution in [-0.2, 0) is 11.3 Å². The van der Waals surface area contributed by atoms with Crippen LogP contribution in [0.2, 0.25) is 0 Å². The van der Waals surface area contributed by atoms with Crippen molar-refractivity contribution in [3.05, 3.63) is 47.8 Å². The SMILES string of the molecule is Cc1cnc(C(=O)N(Cc2ccncc2)CC2CCCO2)[nH]1. The van der Waals surface area contributed by atoms with E-state index in [4.69, 9.17) is 4.74 Å². The number of H-pyrrole nitrogens is 1. The maximum absolute atomic E-state index is 12.7. The fourth-order valence-corrected chi connectivity index (χ4v) is 2.63. The van der Waals surface area contributed by atoms with Gasteiger partial charge in [-0.3, -0.25) is 9.78 Å². The lowest BCUT2D eigenvalue weighted by molar-refractivity contribution is 0.0499. The van der Waals surface area contributed by atoms with E-state index < -0.39 is 0 Å². The maximum Gasteiger partial charge on any atom is 0.290 e. The highest BCUT2D eigenvalue weighted by Crippen LogP contribution is 2.16. The molecule has 0 saturated carbocycles. The van der Waals surface area contributed by atoms with Crippen molar-refractivity contribution in [2.24, 2.45) is 0 Å². The van der Waals surface area contributed by atoms with Crippen LogP contribution in [0.3, 0.4) is 0 Å². The molecule has 1 amide bonds. The van der Waals surface area contributed by atoms with Crippen molar-refractivity contribution in [3.8, 4) is 0 Å². The maximum atomic E-state index is 12.7. The van der Waals surface area contributed by atoms with Gasteiger partial charge in [0, 0.05) is 44.0 Å². The van der Waals surface area contributed by atoms with Crippen LogP contribution < -0.4 is 0 Å². The van der Waals surface area contributed by atoms with Gasteiger partial charge in [0.15, 0.2) is 5.82 Å². The van der Waals surface area contributed by atoms with Gasteiger partial charge in [0.25, 0.3) is 5.91 Å². The molecule has 6 heteroatoms. The number of imidazole rings is 1. The second-order valence-electron chi connectivity index (χ2n) is 5.59. The molecule has 1 fully saturated rings. The van der Waals surface area contributed by atoms with Gasteiger partial charge in [0.2, 0.25) is 0 Å². The van der Waals surface area contributed by atoms with Crippen LogP contribution >= 0.6 is 0 Å². The van der Waals surface area contributed by atoms with Crippen LogP contribution in [0.4, 0.5) is 0 Å². The Morgan fingerprint density at radius 2 is 2.27 bits per heavy atom. The van der Waals surface area contributed by atoms with Gasteiger partial charge < -0.3 is 14.6 Å².